The molecule has 0 bridgehead atoms. The summed E-state index contributed by atoms with van der Waals surface area (Å²) in [6.07, 6.45) is 4.49. The third-order valence-electron chi connectivity index (χ3n) is 3.26. The molecule has 0 radical (unpaired) electrons. The van der Waals surface area contributed by atoms with Gasteiger partial charge < -0.3 is 10.4 Å². The molecule has 1 aromatic rings. The van der Waals surface area contributed by atoms with Gasteiger partial charge in [-0.3, -0.25) is 9.59 Å². The van der Waals surface area contributed by atoms with Crippen LogP contribution in [-0.2, 0) is 4.79 Å². The lowest BCUT2D eigenvalue weighted by molar-refractivity contribution is -0.138. The minimum absolute atomic E-state index is 0.325. The van der Waals surface area contributed by atoms with Crippen molar-refractivity contribution in [2.24, 2.45) is 0 Å². The molecule has 2 rings (SSSR count). The Morgan fingerprint density at radius 1 is 1.50 bits per heavy atom. The summed E-state index contributed by atoms with van der Waals surface area (Å²) in [6, 6.07) is -0.879. The molecule has 6 heteroatoms. The number of carboxylic acid groups (broad SMARTS) is 1. The molecule has 0 spiro atoms. The topological polar surface area (TPSA) is 79.3 Å². The highest BCUT2D eigenvalue weighted by Crippen LogP contribution is 2.36. The Morgan fingerprint density at radius 3 is 2.78 bits per heavy atom. The highest BCUT2D eigenvalue weighted by Gasteiger charge is 2.26. The molecule has 1 atom stereocenters. The van der Waals surface area contributed by atoms with Gasteiger partial charge in [0.15, 0.2) is 0 Å². The summed E-state index contributed by atoms with van der Waals surface area (Å²) in [5, 5.41) is 11.3. The maximum Gasteiger partial charge on any atom is 0.325 e. The fourth-order valence-corrected chi connectivity index (χ4v) is 3.02. The van der Waals surface area contributed by atoms with Crippen LogP contribution < -0.4 is 5.32 Å². The summed E-state index contributed by atoms with van der Waals surface area (Å²) in [7, 11) is 0. The third-order valence-corrected chi connectivity index (χ3v) is 4.10. The van der Waals surface area contributed by atoms with E-state index in [-0.39, 0.29) is 5.91 Å². The van der Waals surface area contributed by atoms with Crippen LogP contribution >= 0.6 is 11.3 Å². The molecule has 0 saturated heterocycles. The van der Waals surface area contributed by atoms with Gasteiger partial charge in [0.25, 0.3) is 5.91 Å². The number of carboxylic acids is 1. The second-order valence-corrected chi connectivity index (χ2v) is 5.44. The van der Waals surface area contributed by atoms with E-state index in [0.717, 1.165) is 18.5 Å². The van der Waals surface area contributed by atoms with Crippen molar-refractivity contribution < 1.29 is 14.7 Å². The number of nitrogens with zero attached hydrogens (tertiary/aromatic N) is 1. The zero-order valence-electron chi connectivity index (χ0n) is 10.2. The second-order valence-electron chi connectivity index (χ2n) is 4.58. The maximum atomic E-state index is 12.0. The van der Waals surface area contributed by atoms with Gasteiger partial charge in [0.05, 0.1) is 11.2 Å². The molecule has 5 nitrogen and oxygen atoms in total. The van der Waals surface area contributed by atoms with E-state index in [2.05, 4.69) is 10.3 Å². The lowest BCUT2D eigenvalue weighted by Crippen LogP contribution is -2.38. The normalized spacial score (nSPS) is 17.6. The largest absolute Gasteiger partial charge is 0.480 e. The van der Waals surface area contributed by atoms with E-state index >= 15 is 0 Å². The van der Waals surface area contributed by atoms with Crippen molar-refractivity contribution in [2.75, 3.05) is 0 Å². The summed E-state index contributed by atoms with van der Waals surface area (Å²) in [4.78, 5) is 27.6. The lowest BCUT2D eigenvalue weighted by atomic mass is 10.0. The van der Waals surface area contributed by atoms with E-state index in [1.165, 1.54) is 31.1 Å². The van der Waals surface area contributed by atoms with Crippen LogP contribution in [0.4, 0.5) is 0 Å². The van der Waals surface area contributed by atoms with Crippen LogP contribution in [0.1, 0.15) is 53.9 Å². The van der Waals surface area contributed by atoms with E-state index in [4.69, 9.17) is 5.11 Å². The number of nitrogens with one attached hydrogen (secondary N) is 1. The van der Waals surface area contributed by atoms with E-state index in [1.54, 1.807) is 5.51 Å². The van der Waals surface area contributed by atoms with Crippen LogP contribution in [0.5, 0.6) is 0 Å². The Balaban J connectivity index is 2.10. The Kier molecular flexibility index (Phi) is 3.96. The van der Waals surface area contributed by atoms with Crippen molar-refractivity contribution in [1.29, 1.82) is 0 Å². The van der Waals surface area contributed by atoms with Gasteiger partial charge >= 0.3 is 5.97 Å². The van der Waals surface area contributed by atoms with Crippen LogP contribution in [0.3, 0.4) is 0 Å². The van der Waals surface area contributed by atoms with E-state index in [0.29, 0.717) is 10.8 Å². The first kappa shape index (κ1) is 13.0. The fourth-order valence-electron chi connectivity index (χ4n) is 2.24. The van der Waals surface area contributed by atoms with Gasteiger partial charge in [0, 0.05) is 5.92 Å². The maximum absolute atomic E-state index is 12.0. The molecule has 1 heterocycles. The first-order valence-electron chi connectivity index (χ1n) is 6.06. The van der Waals surface area contributed by atoms with Gasteiger partial charge in [-0.25, -0.2) is 4.98 Å². The van der Waals surface area contributed by atoms with Gasteiger partial charge in [-0.2, -0.15) is 0 Å². The van der Waals surface area contributed by atoms with Crippen LogP contribution in [0.2, 0.25) is 0 Å². The van der Waals surface area contributed by atoms with Crippen LogP contribution in [-0.4, -0.2) is 28.0 Å². The van der Waals surface area contributed by atoms with Crippen molar-refractivity contribution >= 4 is 23.2 Å². The average molecular weight is 268 g/mol. The number of hydrogen-bond acceptors (Lipinski definition) is 4. The summed E-state index contributed by atoms with van der Waals surface area (Å²) in [6.45, 7) is 1.45. The van der Waals surface area contributed by atoms with Gasteiger partial charge in [-0.15, -0.1) is 11.3 Å². The molecule has 2 N–H and O–H groups in total. The molecule has 1 aromatic heterocycles. The smallest absolute Gasteiger partial charge is 0.325 e. The summed E-state index contributed by atoms with van der Waals surface area (Å²) in [5.41, 5.74) is 2.50. The predicted octanol–water partition coefficient (Wildman–Crippen LogP) is 2.00. The molecule has 1 saturated carbocycles. The van der Waals surface area contributed by atoms with Gasteiger partial charge in [-0.1, -0.05) is 12.8 Å². The standard InChI is InChI=1S/C12H16N2O3S/c1-7(12(16)17)14-11(15)10-9(13-6-18-10)8-4-2-3-5-8/h6-8H,2-5H2,1H3,(H,14,15)(H,16,17)/t7-/m0/s1. The fraction of sp³-hybridized carbons (Fsp3) is 0.583. The number of aliphatic carboxylic acids is 1. The first-order chi connectivity index (χ1) is 8.59. The lowest BCUT2D eigenvalue weighted by Gasteiger charge is -2.11. The second kappa shape index (κ2) is 5.48. The molecular formula is C12H16N2O3S. The number of hydrogen-bond donors (Lipinski definition) is 2. The van der Waals surface area contributed by atoms with Crippen molar-refractivity contribution in [1.82, 2.24) is 10.3 Å². The minimum atomic E-state index is -1.03. The van der Waals surface area contributed by atoms with Crippen molar-refractivity contribution in [2.45, 2.75) is 44.6 Å². The number of carbonyl (C=O) groups is 2. The Morgan fingerprint density at radius 2 is 2.17 bits per heavy atom. The molecule has 18 heavy (non-hydrogen) atoms. The summed E-state index contributed by atoms with van der Waals surface area (Å²) >= 11 is 1.28. The van der Waals surface area contributed by atoms with E-state index in [1.807, 2.05) is 0 Å². The van der Waals surface area contributed by atoms with E-state index in [9.17, 15) is 9.59 Å². The summed E-state index contributed by atoms with van der Waals surface area (Å²) in [5.74, 6) is -0.998. The number of carbonyl (C=O) groups excluding carboxylic acids is 1. The van der Waals surface area contributed by atoms with E-state index < -0.39 is 12.0 Å². The highest BCUT2D eigenvalue weighted by atomic mass is 32.1. The van der Waals surface area contributed by atoms with Crippen LogP contribution in [0.15, 0.2) is 5.51 Å². The van der Waals surface area contributed by atoms with Crippen LogP contribution in [0.25, 0.3) is 0 Å². The highest BCUT2D eigenvalue weighted by molar-refractivity contribution is 7.11. The molecule has 0 aromatic carbocycles. The molecule has 0 unspecified atom stereocenters. The van der Waals surface area contributed by atoms with Crippen LogP contribution in [0, 0.1) is 0 Å². The summed E-state index contributed by atoms with van der Waals surface area (Å²) < 4.78 is 0. The zero-order valence-corrected chi connectivity index (χ0v) is 11.0. The van der Waals surface area contributed by atoms with Gasteiger partial charge in [0.2, 0.25) is 0 Å². The first-order valence-corrected chi connectivity index (χ1v) is 6.94. The van der Waals surface area contributed by atoms with Crippen molar-refractivity contribution in [3.05, 3.63) is 16.1 Å². The molecular weight excluding hydrogens is 252 g/mol. The Labute approximate surface area is 109 Å². The Hall–Kier alpha value is -1.43. The predicted molar refractivity (Wildman–Crippen MR) is 67.9 cm³/mol. The molecule has 1 amide bonds. The Bertz CT molecular complexity index is 452. The van der Waals surface area contributed by atoms with Gasteiger partial charge in [0.1, 0.15) is 10.9 Å². The molecule has 1 aliphatic carbocycles. The van der Waals surface area contributed by atoms with Crippen molar-refractivity contribution in [3.8, 4) is 0 Å². The average Bonchev–Trinajstić information content (AvgIpc) is 2.99. The molecule has 1 aliphatic rings. The number of amides is 1. The minimum Gasteiger partial charge on any atom is -0.480 e. The molecule has 0 aliphatic heterocycles. The van der Waals surface area contributed by atoms with Gasteiger partial charge in [-0.05, 0) is 19.8 Å². The molecule has 98 valence electrons. The van der Waals surface area contributed by atoms with Crippen molar-refractivity contribution in [3.63, 3.8) is 0 Å². The number of rotatable bonds is 4. The number of thiazole rings is 1. The number of aromatic nitrogens is 1. The monoisotopic (exact) mass is 268 g/mol. The SMILES string of the molecule is C[C@H](NC(=O)c1scnc1C1CCCC1)C(=O)O. The zero-order chi connectivity index (χ0) is 13.1. The molecule has 1 fully saturated rings. The third kappa shape index (κ3) is 2.69. The quantitative estimate of drug-likeness (QED) is 0.875.